The van der Waals surface area contributed by atoms with Crippen LogP contribution in [0.15, 0.2) is 42.0 Å². The lowest BCUT2D eigenvalue weighted by Gasteiger charge is -2.25. The Morgan fingerprint density at radius 3 is 2.35 bits per heavy atom. The van der Waals surface area contributed by atoms with Gasteiger partial charge in [-0.15, -0.1) is 0 Å². The molecule has 0 spiro atoms. The van der Waals surface area contributed by atoms with Crippen LogP contribution >= 0.6 is 0 Å². The van der Waals surface area contributed by atoms with E-state index in [9.17, 15) is 14.7 Å². The van der Waals surface area contributed by atoms with E-state index in [-0.39, 0.29) is 24.5 Å². The maximum Gasteiger partial charge on any atom is 0.295 e. The topological polar surface area (TPSA) is 85.3 Å². The second-order valence-electron chi connectivity index (χ2n) is 7.42. The first-order valence-electron chi connectivity index (χ1n) is 9.90. The number of Topliss-reactive ketones (excluding diaryl/α,β-unsaturated/α-hetero) is 1. The molecule has 2 aromatic carbocycles. The monoisotopic (exact) mass is 425 g/mol. The number of methoxy groups -OCH3 is 3. The van der Waals surface area contributed by atoms with Crippen LogP contribution in [0.3, 0.4) is 0 Å². The molecule has 7 heteroatoms. The molecule has 0 saturated carbocycles. The molecule has 7 nitrogen and oxygen atoms in total. The number of ketones is 1. The van der Waals surface area contributed by atoms with E-state index in [1.807, 2.05) is 26.0 Å². The lowest BCUT2D eigenvalue weighted by molar-refractivity contribution is -0.140. The van der Waals surface area contributed by atoms with E-state index in [2.05, 4.69) is 0 Å². The molecular formula is C24H27NO6. The third-order valence-electron chi connectivity index (χ3n) is 5.45. The average Bonchev–Trinajstić information content (AvgIpc) is 3.03. The summed E-state index contributed by atoms with van der Waals surface area (Å²) >= 11 is 0. The van der Waals surface area contributed by atoms with Gasteiger partial charge in [-0.2, -0.15) is 0 Å². The van der Waals surface area contributed by atoms with E-state index in [0.717, 1.165) is 11.1 Å². The van der Waals surface area contributed by atoms with Crippen LogP contribution in [0.2, 0.25) is 0 Å². The molecule has 0 unspecified atom stereocenters. The highest BCUT2D eigenvalue weighted by atomic mass is 16.5. The fraction of sp³-hybridized carbons (Fsp3) is 0.333. The van der Waals surface area contributed by atoms with Crippen molar-refractivity contribution in [2.75, 3.05) is 34.5 Å². The summed E-state index contributed by atoms with van der Waals surface area (Å²) in [5.74, 6) is -0.615. The molecule has 1 atom stereocenters. The number of rotatable bonds is 7. The second-order valence-corrected chi connectivity index (χ2v) is 7.42. The number of hydrogen-bond acceptors (Lipinski definition) is 6. The average molecular weight is 425 g/mol. The van der Waals surface area contributed by atoms with Crippen LogP contribution in [0.1, 0.15) is 28.3 Å². The highest BCUT2D eigenvalue weighted by molar-refractivity contribution is 6.46. The van der Waals surface area contributed by atoms with Crippen molar-refractivity contribution in [2.45, 2.75) is 19.9 Å². The molecule has 1 aliphatic rings. The van der Waals surface area contributed by atoms with Gasteiger partial charge in [0.15, 0.2) is 11.5 Å². The van der Waals surface area contributed by atoms with E-state index in [4.69, 9.17) is 14.2 Å². The zero-order valence-corrected chi connectivity index (χ0v) is 18.4. The number of amides is 1. The highest BCUT2D eigenvalue weighted by Gasteiger charge is 2.46. The molecule has 0 radical (unpaired) electrons. The van der Waals surface area contributed by atoms with Gasteiger partial charge in [0.2, 0.25) is 0 Å². The number of aliphatic hydroxyl groups excluding tert-OH is 1. The molecule has 1 amide bonds. The summed E-state index contributed by atoms with van der Waals surface area (Å²) in [6.07, 6.45) is 0. The second kappa shape index (κ2) is 9.22. The standard InChI is InChI=1S/C24H27NO6/c1-14-6-7-15(2)17(12-14)22(26)20-21(25(10-11-29-3)24(28)23(20)27)16-8-9-18(30-4)19(13-16)31-5/h6-9,12-13,21,26H,10-11H2,1-5H3/t21-/m1/s1. The first-order valence-corrected chi connectivity index (χ1v) is 9.90. The van der Waals surface area contributed by atoms with Crippen LogP contribution < -0.4 is 9.47 Å². The Morgan fingerprint density at radius 1 is 1.00 bits per heavy atom. The number of likely N-dealkylation sites (tertiary alicyclic amines) is 1. The lowest BCUT2D eigenvalue weighted by Crippen LogP contribution is -2.32. The number of aryl methyl sites for hydroxylation is 2. The molecule has 31 heavy (non-hydrogen) atoms. The van der Waals surface area contributed by atoms with Crippen LogP contribution in [0.25, 0.3) is 5.76 Å². The van der Waals surface area contributed by atoms with Gasteiger partial charge in [-0.1, -0.05) is 23.8 Å². The molecule has 1 aliphatic heterocycles. The van der Waals surface area contributed by atoms with E-state index in [1.54, 1.807) is 24.3 Å². The predicted molar refractivity (Wildman–Crippen MR) is 116 cm³/mol. The molecule has 164 valence electrons. The number of nitrogens with zero attached hydrogens (tertiary/aromatic N) is 1. The van der Waals surface area contributed by atoms with E-state index >= 15 is 0 Å². The number of ether oxygens (including phenoxy) is 3. The molecule has 1 heterocycles. The number of benzene rings is 2. The number of hydrogen-bond donors (Lipinski definition) is 1. The van der Waals surface area contributed by atoms with Gasteiger partial charge in [0, 0.05) is 19.2 Å². The Hall–Kier alpha value is -3.32. The summed E-state index contributed by atoms with van der Waals surface area (Å²) < 4.78 is 15.9. The maximum atomic E-state index is 13.0. The van der Waals surface area contributed by atoms with Gasteiger partial charge in [0.1, 0.15) is 5.76 Å². The zero-order chi connectivity index (χ0) is 22.7. The molecule has 2 aromatic rings. The molecule has 1 N–H and O–H groups in total. The van der Waals surface area contributed by atoms with Crippen molar-refractivity contribution < 1.29 is 28.9 Å². The van der Waals surface area contributed by atoms with Crippen LogP contribution in [0.4, 0.5) is 0 Å². The van der Waals surface area contributed by atoms with Crippen molar-refractivity contribution in [1.29, 1.82) is 0 Å². The summed E-state index contributed by atoms with van der Waals surface area (Å²) in [5.41, 5.74) is 2.93. The van der Waals surface area contributed by atoms with Crippen molar-refractivity contribution in [3.63, 3.8) is 0 Å². The summed E-state index contributed by atoms with van der Waals surface area (Å²) in [4.78, 5) is 27.4. The van der Waals surface area contributed by atoms with Gasteiger partial charge in [0.25, 0.3) is 11.7 Å². The molecule has 0 aromatic heterocycles. The highest BCUT2D eigenvalue weighted by Crippen LogP contribution is 2.42. The summed E-state index contributed by atoms with van der Waals surface area (Å²) in [6, 6.07) is 10.0. The van der Waals surface area contributed by atoms with Crippen LogP contribution in [-0.4, -0.2) is 56.2 Å². The summed E-state index contributed by atoms with van der Waals surface area (Å²) in [6.45, 7) is 4.20. The Kier molecular flexibility index (Phi) is 6.65. The van der Waals surface area contributed by atoms with Gasteiger partial charge in [0.05, 0.1) is 32.4 Å². The van der Waals surface area contributed by atoms with Gasteiger partial charge >= 0.3 is 0 Å². The number of carbonyl (C=O) groups is 2. The SMILES string of the molecule is COCCN1C(=O)C(=O)C(=C(O)c2cc(C)ccc2C)[C@H]1c1ccc(OC)c(OC)c1. The Labute approximate surface area is 181 Å². The number of carbonyl (C=O) groups excluding carboxylic acids is 2. The van der Waals surface area contributed by atoms with Crippen molar-refractivity contribution in [3.05, 3.63) is 64.2 Å². The van der Waals surface area contributed by atoms with Crippen molar-refractivity contribution in [2.24, 2.45) is 0 Å². The van der Waals surface area contributed by atoms with Gasteiger partial charge in [-0.3, -0.25) is 9.59 Å². The van der Waals surface area contributed by atoms with Crippen LogP contribution in [0, 0.1) is 13.8 Å². The lowest BCUT2D eigenvalue weighted by atomic mass is 9.93. The fourth-order valence-electron chi connectivity index (χ4n) is 3.81. The Morgan fingerprint density at radius 2 is 1.71 bits per heavy atom. The van der Waals surface area contributed by atoms with E-state index in [1.165, 1.54) is 26.2 Å². The van der Waals surface area contributed by atoms with Crippen molar-refractivity contribution in [3.8, 4) is 11.5 Å². The quantitative estimate of drug-likeness (QED) is 0.416. The molecule has 1 fully saturated rings. The first-order chi connectivity index (χ1) is 14.8. The predicted octanol–water partition coefficient (Wildman–Crippen LogP) is 3.39. The van der Waals surface area contributed by atoms with Gasteiger partial charge in [-0.25, -0.2) is 0 Å². The van der Waals surface area contributed by atoms with Gasteiger partial charge in [-0.05, 0) is 43.2 Å². The largest absolute Gasteiger partial charge is 0.507 e. The molecule has 1 saturated heterocycles. The zero-order valence-electron chi connectivity index (χ0n) is 18.4. The van der Waals surface area contributed by atoms with Crippen LogP contribution in [-0.2, 0) is 14.3 Å². The maximum absolute atomic E-state index is 13.0. The molecule has 0 aliphatic carbocycles. The van der Waals surface area contributed by atoms with Crippen LogP contribution in [0.5, 0.6) is 11.5 Å². The van der Waals surface area contributed by atoms with E-state index < -0.39 is 17.7 Å². The fourth-order valence-corrected chi connectivity index (χ4v) is 3.81. The number of aliphatic hydroxyl groups is 1. The van der Waals surface area contributed by atoms with E-state index in [0.29, 0.717) is 22.6 Å². The Bertz CT molecular complexity index is 1040. The minimum absolute atomic E-state index is 0.0435. The minimum Gasteiger partial charge on any atom is -0.507 e. The Balaban J connectivity index is 2.24. The summed E-state index contributed by atoms with van der Waals surface area (Å²) in [5, 5.41) is 11.2. The normalized spacial score (nSPS) is 17.8. The van der Waals surface area contributed by atoms with Crippen molar-refractivity contribution in [1.82, 2.24) is 4.90 Å². The molecule has 0 bridgehead atoms. The van der Waals surface area contributed by atoms with Crippen molar-refractivity contribution >= 4 is 17.4 Å². The first kappa shape index (κ1) is 22.4. The third-order valence-corrected chi connectivity index (χ3v) is 5.45. The third kappa shape index (κ3) is 4.14. The molecule has 3 rings (SSSR count). The molecular weight excluding hydrogens is 398 g/mol. The smallest absolute Gasteiger partial charge is 0.295 e. The van der Waals surface area contributed by atoms with Gasteiger partial charge < -0.3 is 24.2 Å². The summed E-state index contributed by atoms with van der Waals surface area (Å²) in [7, 11) is 4.57. The minimum atomic E-state index is -0.783.